The Bertz CT molecular complexity index is 579. The van der Waals surface area contributed by atoms with Gasteiger partial charge in [-0.15, -0.1) is 0 Å². The van der Waals surface area contributed by atoms with E-state index in [-0.39, 0.29) is 5.88 Å². The molecule has 1 aromatic heterocycles. The van der Waals surface area contributed by atoms with Crippen molar-refractivity contribution in [1.29, 1.82) is 0 Å². The molecule has 106 valence electrons. The fourth-order valence-corrected chi connectivity index (χ4v) is 1.58. The van der Waals surface area contributed by atoms with E-state index in [1.165, 1.54) is 7.11 Å². The maximum Gasteiger partial charge on any atom is 0.246 e. The molecule has 1 heterocycles. The number of nitrogen functional groups attached to an aromatic ring is 1. The van der Waals surface area contributed by atoms with Crippen LogP contribution in [0.4, 0.5) is 5.69 Å². The van der Waals surface area contributed by atoms with Gasteiger partial charge in [-0.1, -0.05) is 0 Å². The van der Waals surface area contributed by atoms with Crippen LogP contribution in [0.2, 0.25) is 0 Å². The van der Waals surface area contributed by atoms with Crippen molar-refractivity contribution in [2.24, 2.45) is 0 Å². The van der Waals surface area contributed by atoms with Crippen molar-refractivity contribution < 1.29 is 18.9 Å². The topological polar surface area (TPSA) is 75.8 Å². The molecule has 20 heavy (non-hydrogen) atoms. The number of anilines is 1. The molecule has 2 N–H and O–H groups in total. The second-order valence-electron chi connectivity index (χ2n) is 3.90. The Hall–Kier alpha value is -2.63. The number of hydrogen-bond donors (Lipinski definition) is 1. The lowest BCUT2D eigenvalue weighted by Crippen LogP contribution is -1.97. The van der Waals surface area contributed by atoms with Gasteiger partial charge in [0.15, 0.2) is 0 Å². The van der Waals surface area contributed by atoms with Crippen LogP contribution in [0, 0.1) is 0 Å². The largest absolute Gasteiger partial charge is 0.496 e. The van der Waals surface area contributed by atoms with Crippen LogP contribution < -0.4 is 24.7 Å². The van der Waals surface area contributed by atoms with E-state index < -0.39 is 0 Å². The van der Waals surface area contributed by atoms with Crippen LogP contribution in [0.15, 0.2) is 30.3 Å². The van der Waals surface area contributed by atoms with Gasteiger partial charge in [-0.05, 0) is 6.07 Å². The van der Waals surface area contributed by atoms with Crippen molar-refractivity contribution in [3.05, 3.63) is 30.3 Å². The average molecular weight is 276 g/mol. The maximum absolute atomic E-state index is 5.83. The van der Waals surface area contributed by atoms with Gasteiger partial charge in [0.25, 0.3) is 0 Å². The molecule has 0 saturated heterocycles. The molecule has 0 aliphatic carbocycles. The van der Waals surface area contributed by atoms with Crippen molar-refractivity contribution in [3.8, 4) is 29.0 Å². The molecule has 2 rings (SSSR count). The minimum absolute atomic E-state index is 0.264. The molecule has 0 saturated carbocycles. The van der Waals surface area contributed by atoms with Gasteiger partial charge in [0.05, 0.1) is 27.0 Å². The van der Waals surface area contributed by atoms with E-state index in [1.54, 1.807) is 44.6 Å². The molecule has 0 unspecified atom stereocenters. The fraction of sp³-hybridized carbons (Fsp3) is 0.214. The summed E-state index contributed by atoms with van der Waals surface area (Å²) in [4.78, 5) is 4.15. The number of nitrogens with two attached hydrogens (primary N) is 1. The smallest absolute Gasteiger partial charge is 0.246 e. The minimum atomic E-state index is 0.264. The summed E-state index contributed by atoms with van der Waals surface area (Å²) < 4.78 is 21.0. The summed E-state index contributed by atoms with van der Waals surface area (Å²) in [5, 5.41) is 0. The summed E-state index contributed by atoms with van der Waals surface area (Å²) in [6.07, 6.45) is 0. The Labute approximate surface area is 117 Å². The van der Waals surface area contributed by atoms with Crippen LogP contribution >= 0.6 is 0 Å². The highest BCUT2D eigenvalue weighted by Gasteiger charge is 2.09. The molecule has 0 atom stereocenters. The number of pyridine rings is 1. The van der Waals surface area contributed by atoms with E-state index in [0.717, 1.165) is 0 Å². The molecular formula is C14H16N2O4. The summed E-state index contributed by atoms with van der Waals surface area (Å²) in [5.74, 6) is 2.42. The van der Waals surface area contributed by atoms with Gasteiger partial charge in [-0.3, -0.25) is 0 Å². The van der Waals surface area contributed by atoms with Gasteiger partial charge in [0, 0.05) is 24.3 Å². The molecule has 0 aliphatic rings. The maximum atomic E-state index is 5.83. The molecule has 0 aliphatic heterocycles. The van der Waals surface area contributed by atoms with E-state index in [2.05, 4.69) is 4.98 Å². The third-order valence-electron chi connectivity index (χ3n) is 2.61. The van der Waals surface area contributed by atoms with Crippen LogP contribution in [-0.4, -0.2) is 26.3 Å². The van der Waals surface area contributed by atoms with Crippen LogP contribution in [0.1, 0.15) is 0 Å². The number of methoxy groups -OCH3 is 3. The zero-order valence-electron chi connectivity index (χ0n) is 11.5. The van der Waals surface area contributed by atoms with Crippen LogP contribution in [0.3, 0.4) is 0 Å². The highest BCUT2D eigenvalue weighted by atomic mass is 16.5. The second kappa shape index (κ2) is 6.01. The van der Waals surface area contributed by atoms with Crippen molar-refractivity contribution in [1.82, 2.24) is 4.98 Å². The second-order valence-corrected chi connectivity index (χ2v) is 3.90. The first kappa shape index (κ1) is 13.8. The molecule has 6 heteroatoms. The van der Waals surface area contributed by atoms with Crippen molar-refractivity contribution in [2.75, 3.05) is 27.1 Å². The molecule has 0 radical (unpaired) electrons. The first-order valence-electron chi connectivity index (χ1n) is 5.87. The molecule has 1 aromatic carbocycles. The third kappa shape index (κ3) is 3.03. The molecule has 0 bridgehead atoms. The Morgan fingerprint density at radius 2 is 1.45 bits per heavy atom. The molecule has 2 aromatic rings. The van der Waals surface area contributed by atoms with Gasteiger partial charge in [-0.2, -0.15) is 4.98 Å². The van der Waals surface area contributed by atoms with E-state index in [9.17, 15) is 0 Å². The molecular weight excluding hydrogens is 260 g/mol. The number of nitrogens with zero attached hydrogens (tertiary/aromatic N) is 1. The third-order valence-corrected chi connectivity index (χ3v) is 2.61. The highest BCUT2D eigenvalue weighted by molar-refractivity contribution is 5.52. The van der Waals surface area contributed by atoms with E-state index in [4.69, 9.17) is 24.7 Å². The zero-order chi connectivity index (χ0) is 14.5. The summed E-state index contributed by atoms with van der Waals surface area (Å²) in [7, 11) is 4.66. The normalized spacial score (nSPS) is 9.95. The van der Waals surface area contributed by atoms with Gasteiger partial charge in [0.2, 0.25) is 11.8 Å². The number of benzene rings is 1. The average Bonchev–Trinajstić information content (AvgIpc) is 2.49. The Kier molecular flexibility index (Phi) is 4.14. The Morgan fingerprint density at radius 1 is 0.850 bits per heavy atom. The predicted molar refractivity (Wildman–Crippen MR) is 74.8 cm³/mol. The number of aromatic nitrogens is 1. The lowest BCUT2D eigenvalue weighted by molar-refractivity contribution is 0.376. The summed E-state index contributed by atoms with van der Waals surface area (Å²) in [6.45, 7) is 0. The SMILES string of the molecule is COc1cc(OC)cc(Oc2nc(OC)ccc2N)c1. The summed E-state index contributed by atoms with van der Waals surface area (Å²) in [6, 6.07) is 8.49. The lowest BCUT2D eigenvalue weighted by atomic mass is 10.3. The first-order chi connectivity index (χ1) is 9.66. The van der Waals surface area contributed by atoms with Gasteiger partial charge in [-0.25, -0.2) is 0 Å². The number of hydrogen-bond acceptors (Lipinski definition) is 6. The van der Waals surface area contributed by atoms with Crippen LogP contribution in [0.5, 0.6) is 29.0 Å². The van der Waals surface area contributed by atoms with Crippen molar-refractivity contribution in [2.45, 2.75) is 0 Å². The fourth-order valence-electron chi connectivity index (χ4n) is 1.58. The molecule has 0 amide bonds. The van der Waals surface area contributed by atoms with E-state index in [0.29, 0.717) is 28.8 Å². The minimum Gasteiger partial charge on any atom is -0.496 e. The Morgan fingerprint density at radius 3 is 2.00 bits per heavy atom. The quantitative estimate of drug-likeness (QED) is 0.904. The monoisotopic (exact) mass is 276 g/mol. The van der Waals surface area contributed by atoms with Gasteiger partial charge < -0.3 is 24.7 Å². The Balaban J connectivity index is 2.33. The number of rotatable bonds is 5. The summed E-state index contributed by atoms with van der Waals surface area (Å²) in [5.41, 5.74) is 6.24. The van der Waals surface area contributed by atoms with Crippen molar-refractivity contribution >= 4 is 5.69 Å². The van der Waals surface area contributed by atoms with E-state index >= 15 is 0 Å². The van der Waals surface area contributed by atoms with Gasteiger partial charge in [0.1, 0.15) is 17.2 Å². The van der Waals surface area contributed by atoms with Crippen molar-refractivity contribution in [3.63, 3.8) is 0 Å². The molecule has 6 nitrogen and oxygen atoms in total. The summed E-state index contributed by atoms with van der Waals surface area (Å²) >= 11 is 0. The number of ether oxygens (including phenoxy) is 4. The molecule has 0 fully saturated rings. The van der Waals surface area contributed by atoms with Crippen LogP contribution in [0.25, 0.3) is 0 Å². The highest BCUT2D eigenvalue weighted by Crippen LogP contribution is 2.32. The lowest BCUT2D eigenvalue weighted by Gasteiger charge is -2.11. The first-order valence-corrected chi connectivity index (χ1v) is 5.87. The molecule has 0 spiro atoms. The standard InChI is InChI=1S/C14H16N2O4/c1-17-9-6-10(18-2)8-11(7-9)20-14-12(15)4-5-13(16-14)19-3/h4-8H,15H2,1-3H3. The van der Waals surface area contributed by atoms with Crippen LogP contribution in [-0.2, 0) is 0 Å². The van der Waals surface area contributed by atoms with E-state index in [1.807, 2.05) is 0 Å². The zero-order valence-corrected chi connectivity index (χ0v) is 11.5. The van der Waals surface area contributed by atoms with Gasteiger partial charge >= 0.3 is 0 Å². The predicted octanol–water partition coefficient (Wildman–Crippen LogP) is 2.48.